The Balaban J connectivity index is 2.00. The Hall–Kier alpha value is -1.72. The summed E-state index contributed by atoms with van der Waals surface area (Å²) in [7, 11) is 0. The van der Waals surface area contributed by atoms with Crippen LogP contribution in [-0.2, 0) is 0 Å². The average Bonchev–Trinajstić information content (AvgIpc) is 2.57. The summed E-state index contributed by atoms with van der Waals surface area (Å²) in [6, 6.07) is 2.58. The lowest BCUT2D eigenvalue weighted by molar-refractivity contribution is -0.0915. The van der Waals surface area contributed by atoms with E-state index in [4.69, 9.17) is 10.2 Å². The summed E-state index contributed by atoms with van der Waals surface area (Å²) >= 11 is 0. The number of halogens is 3. The molecule has 0 amide bonds. The van der Waals surface area contributed by atoms with Crippen LogP contribution in [0.15, 0.2) is 16.5 Å². The SMILES string of the molecule is Nc1cc(F)c2oc(C3CC(F)(F)C3)nc2c1. The molecule has 0 radical (unpaired) electrons. The fourth-order valence-electron chi connectivity index (χ4n) is 2.04. The number of nitrogens with zero attached hydrogens (tertiary/aromatic N) is 1. The number of nitrogen functional groups attached to an aromatic ring is 1. The van der Waals surface area contributed by atoms with Gasteiger partial charge in [-0.15, -0.1) is 0 Å². The molecule has 1 aromatic heterocycles. The highest BCUT2D eigenvalue weighted by Gasteiger charge is 2.48. The number of nitrogens with two attached hydrogens (primary N) is 1. The van der Waals surface area contributed by atoms with Crippen LogP contribution in [0.1, 0.15) is 24.7 Å². The lowest BCUT2D eigenvalue weighted by Crippen LogP contribution is -2.33. The van der Waals surface area contributed by atoms with Crippen LogP contribution in [0.4, 0.5) is 18.9 Å². The predicted octanol–water partition coefficient (Wildman–Crippen LogP) is 3.06. The van der Waals surface area contributed by atoms with Gasteiger partial charge in [0, 0.05) is 30.5 Å². The summed E-state index contributed by atoms with van der Waals surface area (Å²) in [6.07, 6.45) is -0.589. The Morgan fingerprint density at radius 3 is 2.71 bits per heavy atom. The number of benzene rings is 1. The molecule has 1 fully saturated rings. The summed E-state index contributed by atoms with van der Waals surface area (Å²) in [5.74, 6) is -3.54. The highest BCUT2D eigenvalue weighted by atomic mass is 19.3. The van der Waals surface area contributed by atoms with E-state index in [2.05, 4.69) is 4.98 Å². The topological polar surface area (TPSA) is 52.0 Å². The molecule has 2 aromatic rings. The predicted molar refractivity (Wildman–Crippen MR) is 55.3 cm³/mol. The van der Waals surface area contributed by atoms with Gasteiger partial charge in [0.25, 0.3) is 0 Å². The van der Waals surface area contributed by atoms with Crippen molar-refractivity contribution in [3.05, 3.63) is 23.8 Å². The van der Waals surface area contributed by atoms with Gasteiger partial charge in [0.2, 0.25) is 5.92 Å². The molecule has 1 aliphatic rings. The third kappa shape index (κ3) is 1.64. The van der Waals surface area contributed by atoms with Gasteiger partial charge in [-0.05, 0) is 6.07 Å². The minimum absolute atomic E-state index is 0.0237. The molecule has 3 rings (SSSR count). The molecule has 6 heteroatoms. The summed E-state index contributed by atoms with van der Waals surface area (Å²) in [5, 5.41) is 0. The van der Waals surface area contributed by atoms with E-state index < -0.39 is 17.7 Å². The van der Waals surface area contributed by atoms with Crippen molar-refractivity contribution in [2.75, 3.05) is 5.73 Å². The Bertz CT molecular complexity index is 586. The van der Waals surface area contributed by atoms with Crippen LogP contribution in [0.5, 0.6) is 0 Å². The Kier molecular flexibility index (Phi) is 1.93. The first-order valence-electron chi connectivity index (χ1n) is 5.18. The van der Waals surface area contributed by atoms with Gasteiger partial charge < -0.3 is 10.2 Å². The molecule has 0 saturated heterocycles. The van der Waals surface area contributed by atoms with E-state index in [0.29, 0.717) is 0 Å². The van der Waals surface area contributed by atoms with E-state index in [1.807, 2.05) is 0 Å². The van der Waals surface area contributed by atoms with Gasteiger partial charge in [-0.3, -0.25) is 0 Å². The van der Waals surface area contributed by atoms with Crippen LogP contribution < -0.4 is 5.73 Å². The van der Waals surface area contributed by atoms with Crippen molar-refractivity contribution in [2.24, 2.45) is 0 Å². The standard InChI is InChI=1S/C11H9F3N2O/c12-7-1-6(15)2-8-9(7)17-10(16-8)5-3-11(13,14)4-5/h1-2,5H,3-4,15H2. The van der Waals surface area contributed by atoms with E-state index in [0.717, 1.165) is 6.07 Å². The van der Waals surface area contributed by atoms with E-state index in [1.165, 1.54) is 6.07 Å². The minimum atomic E-state index is -2.65. The van der Waals surface area contributed by atoms with Gasteiger partial charge in [-0.1, -0.05) is 0 Å². The Labute approximate surface area is 94.4 Å². The van der Waals surface area contributed by atoms with Crippen molar-refractivity contribution in [1.29, 1.82) is 0 Å². The second-order valence-electron chi connectivity index (χ2n) is 4.36. The maximum atomic E-state index is 13.4. The molecule has 0 spiro atoms. The number of oxazole rings is 1. The molecule has 0 aliphatic heterocycles. The van der Waals surface area contributed by atoms with Crippen LogP contribution in [0, 0.1) is 5.82 Å². The third-order valence-electron chi connectivity index (χ3n) is 2.92. The molecular formula is C11H9F3N2O. The van der Waals surface area contributed by atoms with Crippen LogP contribution >= 0.6 is 0 Å². The molecule has 90 valence electrons. The van der Waals surface area contributed by atoms with Gasteiger partial charge in [0.05, 0.1) is 0 Å². The van der Waals surface area contributed by atoms with Gasteiger partial charge in [-0.25, -0.2) is 18.2 Å². The van der Waals surface area contributed by atoms with E-state index in [-0.39, 0.29) is 35.5 Å². The fraction of sp³-hybridized carbons (Fsp3) is 0.364. The van der Waals surface area contributed by atoms with Crippen molar-refractivity contribution in [1.82, 2.24) is 4.98 Å². The third-order valence-corrected chi connectivity index (χ3v) is 2.92. The molecule has 17 heavy (non-hydrogen) atoms. The summed E-state index contributed by atoms with van der Waals surface area (Å²) in [4.78, 5) is 4.00. The van der Waals surface area contributed by atoms with E-state index >= 15 is 0 Å². The first-order chi connectivity index (χ1) is 7.94. The largest absolute Gasteiger partial charge is 0.437 e. The summed E-state index contributed by atoms with van der Waals surface area (Å²) in [6.45, 7) is 0. The summed E-state index contributed by atoms with van der Waals surface area (Å²) in [5.41, 5.74) is 5.94. The van der Waals surface area contributed by atoms with Crippen LogP contribution in [-0.4, -0.2) is 10.9 Å². The van der Waals surface area contributed by atoms with Gasteiger partial charge in [0.1, 0.15) is 5.52 Å². The molecule has 0 unspecified atom stereocenters. The molecule has 1 heterocycles. The number of hydrogen-bond donors (Lipinski definition) is 1. The number of aromatic nitrogens is 1. The summed E-state index contributed by atoms with van der Waals surface area (Å²) < 4.78 is 44.0. The molecule has 2 N–H and O–H groups in total. The van der Waals surface area contributed by atoms with Crippen LogP contribution in [0.25, 0.3) is 11.1 Å². The van der Waals surface area contributed by atoms with Crippen molar-refractivity contribution in [3.63, 3.8) is 0 Å². The lowest BCUT2D eigenvalue weighted by atomic mass is 9.81. The van der Waals surface area contributed by atoms with E-state index in [1.54, 1.807) is 0 Å². The first kappa shape index (κ1) is 10.4. The fourth-order valence-corrected chi connectivity index (χ4v) is 2.04. The second-order valence-corrected chi connectivity index (χ2v) is 4.36. The zero-order valence-corrected chi connectivity index (χ0v) is 8.71. The van der Waals surface area contributed by atoms with Crippen molar-refractivity contribution >= 4 is 16.8 Å². The molecule has 1 aliphatic carbocycles. The Morgan fingerprint density at radius 2 is 2.06 bits per heavy atom. The molecular weight excluding hydrogens is 233 g/mol. The minimum Gasteiger partial charge on any atom is -0.437 e. The van der Waals surface area contributed by atoms with Crippen molar-refractivity contribution in [3.8, 4) is 0 Å². The zero-order chi connectivity index (χ0) is 12.2. The van der Waals surface area contributed by atoms with Gasteiger partial charge in [-0.2, -0.15) is 0 Å². The molecule has 0 bridgehead atoms. The van der Waals surface area contributed by atoms with Gasteiger partial charge >= 0.3 is 0 Å². The molecule has 0 atom stereocenters. The Morgan fingerprint density at radius 1 is 1.35 bits per heavy atom. The van der Waals surface area contributed by atoms with E-state index in [9.17, 15) is 13.2 Å². The lowest BCUT2D eigenvalue weighted by Gasteiger charge is -2.32. The smallest absolute Gasteiger partial charge is 0.249 e. The molecule has 1 aromatic carbocycles. The molecule has 1 saturated carbocycles. The normalized spacial score (nSPS) is 19.5. The van der Waals surface area contributed by atoms with Gasteiger partial charge in [0.15, 0.2) is 17.3 Å². The van der Waals surface area contributed by atoms with Crippen LogP contribution in [0.2, 0.25) is 0 Å². The van der Waals surface area contributed by atoms with Crippen molar-refractivity contribution in [2.45, 2.75) is 24.7 Å². The number of fused-ring (bicyclic) bond motifs is 1. The highest BCUT2D eigenvalue weighted by Crippen LogP contribution is 2.48. The number of rotatable bonds is 1. The van der Waals surface area contributed by atoms with Crippen molar-refractivity contribution < 1.29 is 17.6 Å². The number of hydrogen-bond acceptors (Lipinski definition) is 3. The maximum absolute atomic E-state index is 13.4. The maximum Gasteiger partial charge on any atom is 0.249 e. The number of alkyl halides is 2. The second kappa shape index (κ2) is 3.15. The van der Waals surface area contributed by atoms with Crippen LogP contribution in [0.3, 0.4) is 0 Å². The number of anilines is 1. The first-order valence-corrected chi connectivity index (χ1v) is 5.18. The quantitative estimate of drug-likeness (QED) is 0.782. The average molecular weight is 242 g/mol. The highest BCUT2D eigenvalue weighted by molar-refractivity contribution is 5.77. The molecule has 3 nitrogen and oxygen atoms in total. The zero-order valence-electron chi connectivity index (χ0n) is 8.71. The monoisotopic (exact) mass is 242 g/mol.